The summed E-state index contributed by atoms with van der Waals surface area (Å²) in [5.41, 5.74) is 11.6. The third-order valence-corrected chi connectivity index (χ3v) is 4.32. The first-order valence-corrected chi connectivity index (χ1v) is 6.70. The van der Waals surface area contributed by atoms with E-state index in [-0.39, 0.29) is 0 Å². The number of nitrogens with one attached hydrogen (secondary N) is 1. The third-order valence-electron chi connectivity index (χ3n) is 3.29. The summed E-state index contributed by atoms with van der Waals surface area (Å²) in [6.45, 7) is 6.26. The van der Waals surface area contributed by atoms with Gasteiger partial charge in [0.15, 0.2) is 0 Å². The highest BCUT2D eigenvalue weighted by Gasteiger charge is 2.15. The van der Waals surface area contributed by atoms with E-state index in [4.69, 9.17) is 5.73 Å². The molecule has 92 valence electrons. The van der Waals surface area contributed by atoms with Gasteiger partial charge in [0.1, 0.15) is 5.82 Å². The average Bonchev–Trinajstić information content (AvgIpc) is 2.80. The van der Waals surface area contributed by atoms with E-state index in [0.29, 0.717) is 0 Å². The number of hydrogen-bond acceptors (Lipinski definition) is 3. The molecule has 1 aromatic carbocycles. The molecule has 18 heavy (non-hydrogen) atoms. The Morgan fingerprint density at radius 1 is 1.22 bits per heavy atom. The molecule has 0 aliphatic heterocycles. The number of aromatic amines is 1. The number of nitrogens with zero attached hydrogens (tertiary/aromatic N) is 1. The van der Waals surface area contributed by atoms with E-state index in [1.165, 1.54) is 16.0 Å². The van der Waals surface area contributed by atoms with Crippen molar-refractivity contribution in [1.82, 2.24) is 9.97 Å². The normalized spacial score (nSPS) is 11.3. The molecule has 0 aliphatic carbocycles. The van der Waals surface area contributed by atoms with E-state index in [0.717, 1.165) is 27.4 Å². The first kappa shape index (κ1) is 11.3. The van der Waals surface area contributed by atoms with Crippen molar-refractivity contribution >= 4 is 27.4 Å². The Kier molecular flexibility index (Phi) is 2.41. The molecular weight excluding hydrogens is 242 g/mol. The van der Waals surface area contributed by atoms with Crippen molar-refractivity contribution in [2.75, 3.05) is 5.73 Å². The van der Waals surface area contributed by atoms with Crippen LogP contribution in [0.5, 0.6) is 0 Å². The van der Waals surface area contributed by atoms with E-state index in [2.05, 4.69) is 42.9 Å². The number of hydrogen-bond donors (Lipinski definition) is 2. The van der Waals surface area contributed by atoms with Gasteiger partial charge in [0.2, 0.25) is 0 Å². The third kappa shape index (κ3) is 1.61. The van der Waals surface area contributed by atoms with Crippen LogP contribution in [0.15, 0.2) is 18.2 Å². The largest absolute Gasteiger partial charge is 0.390 e. The fraction of sp³-hybridized carbons (Fsp3) is 0.214. The minimum absolute atomic E-state index is 0.834. The molecule has 0 amide bonds. The van der Waals surface area contributed by atoms with Gasteiger partial charge in [0.25, 0.3) is 0 Å². The molecule has 2 aromatic heterocycles. The molecule has 0 spiro atoms. The van der Waals surface area contributed by atoms with Crippen LogP contribution in [0.3, 0.4) is 0 Å². The van der Waals surface area contributed by atoms with Crippen molar-refractivity contribution in [3.8, 4) is 11.4 Å². The summed E-state index contributed by atoms with van der Waals surface area (Å²) in [4.78, 5) is 9.24. The van der Waals surface area contributed by atoms with Gasteiger partial charge in [-0.1, -0.05) is 6.07 Å². The molecule has 4 heteroatoms. The van der Waals surface area contributed by atoms with Crippen molar-refractivity contribution < 1.29 is 0 Å². The van der Waals surface area contributed by atoms with Gasteiger partial charge in [-0.2, -0.15) is 0 Å². The molecular formula is C14H15N3S. The second kappa shape index (κ2) is 3.85. The lowest BCUT2D eigenvalue weighted by molar-refractivity contribution is 1.31. The monoisotopic (exact) mass is 257 g/mol. The minimum atomic E-state index is 0.834. The van der Waals surface area contributed by atoms with Gasteiger partial charge in [0, 0.05) is 4.88 Å². The SMILES string of the molecule is Cc1ccc2nc(-c3c(N)sc(C)c3C)[nH]c2c1. The zero-order chi connectivity index (χ0) is 12.9. The molecule has 0 aliphatic rings. The lowest BCUT2D eigenvalue weighted by atomic mass is 10.1. The predicted octanol–water partition coefficient (Wildman–Crippen LogP) is 3.80. The topological polar surface area (TPSA) is 54.7 Å². The maximum absolute atomic E-state index is 6.08. The van der Waals surface area contributed by atoms with Crippen LogP contribution in [0, 0.1) is 20.8 Å². The van der Waals surface area contributed by atoms with Crippen LogP contribution in [0.25, 0.3) is 22.4 Å². The Balaban J connectivity index is 2.25. The number of nitrogens with two attached hydrogens (primary N) is 1. The second-order valence-corrected chi connectivity index (χ2v) is 5.88. The van der Waals surface area contributed by atoms with Gasteiger partial charge in [-0.25, -0.2) is 4.98 Å². The van der Waals surface area contributed by atoms with Gasteiger partial charge < -0.3 is 10.7 Å². The fourth-order valence-corrected chi connectivity index (χ4v) is 3.13. The lowest BCUT2D eigenvalue weighted by Crippen LogP contribution is -1.87. The van der Waals surface area contributed by atoms with Crippen LogP contribution >= 0.6 is 11.3 Å². The molecule has 0 saturated carbocycles. The number of fused-ring (bicyclic) bond motifs is 1. The number of aryl methyl sites for hydroxylation is 2. The predicted molar refractivity (Wildman–Crippen MR) is 78.0 cm³/mol. The second-order valence-electron chi connectivity index (χ2n) is 4.63. The van der Waals surface area contributed by atoms with Crippen molar-refractivity contribution in [3.63, 3.8) is 0 Å². The Bertz CT molecular complexity index is 737. The zero-order valence-corrected chi connectivity index (χ0v) is 11.5. The summed E-state index contributed by atoms with van der Waals surface area (Å²) < 4.78 is 0. The minimum Gasteiger partial charge on any atom is -0.390 e. The Labute approximate surface area is 110 Å². The first-order chi connectivity index (χ1) is 8.56. The fourth-order valence-electron chi connectivity index (χ4n) is 2.19. The summed E-state index contributed by atoms with van der Waals surface area (Å²) in [7, 11) is 0. The molecule has 3 nitrogen and oxygen atoms in total. The van der Waals surface area contributed by atoms with Crippen molar-refractivity contribution in [3.05, 3.63) is 34.2 Å². The van der Waals surface area contributed by atoms with E-state index in [1.54, 1.807) is 11.3 Å². The number of rotatable bonds is 1. The number of aromatic nitrogens is 2. The van der Waals surface area contributed by atoms with Crippen LogP contribution in [0.2, 0.25) is 0 Å². The zero-order valence-electron chi connectivity index (χ0n) is 10.7. The maximum atomic E-state index is 6.08. The van der Waals surface area contributed by atoms with Gasteiger partial charge in [-0.15, -0.1) is 11.3 Å². The molecule has 0 unspecified atom stereocenters. The van der Waals surface area contributed by atoms with Crippen LogP contribution in [-0.2, 0) is 0 Å². The molecule has 0 radical (unpaired) electrons. The van der Waals surface area contributed by atoms with Crippen molar-refractivity contribution in [2.24, 2.45) is 0 Å². The van der Waals surface area contributed by atoms with E-state index >= 15 is 0 Å². The number of thiophene rings is 1. The summed E-state index contributed by atoms with van der Waals surface area (Å²) in [6, 6.07) is 6.22. The standard InChI is InChI=1S/C14H15N3S/c1-7-4-5-10-11(6-7)17-14(16-10)12-8(2)9(3)18-13(12)15/h4-6H,15H2,1-3H3,(H,16,17). The number of H-pyrrole nitrogens is 1. The average molecular weight is 257 g/mol. The molecule has 3 rings (SSSR count). The molecule has 2 heterocycles. The smallest absolute Gasteiger partial charge is 0.141 e. The van der Waals surface area contributed by atoms with Gasteiger partial charge in [-0.3, -0.25) is 0 Å². The van der Waals surface area contributed by atoms with Crippen LogP contribution < -0.4 is 5.73 Å². The van der Waals surface area contributed by atoms with Crippen LogP contribution in [0.1, 0.15) is 16.0 Å². The van der Waals surface area contributed by atoms with E-state index in [9.17, 15) is 0 Å². The summed E-state index contributed by atoms with van der Waals surface area (Å²) in [6.07, 6.45) is 0. The number of anilines is 1. The van der Waals surface area contributed by atoms with Gasteiger partial charge in [-0.05, 0) is 44.0 Å². The molecule has 0 atom stereocenters. The van der Waals surface area contributed by atoms with Crippen molar-refractivity contribution in [2.45, 2.75) is 20.8 Å². The molecule has 3 N–H and O–H groups in total. The van der Waals surface area contributed by atoms with Crippen LogP contribution in [-0.4, -0.2) is 9.97 Å². The lowest BCUT2D eigenvalue weighted by Gasteiger charge is -1.97. The number of nitrogen functional groups attached to an aromatic ring is 1. The van der Waals surface area contributed by atoms with Gasteiger partial charge >= 0.3 is 0 Å². The highest BCUT2D eigenvalue weighted by atomic mass is 32.1. The quantitative estimate of drug-likeness (QED) is 0.696. The molecule has 0 saturated heterocycles. The maximum Gasteiger partial charge on any atom is 0.141 e. The Morgan fingerprint density at radius 3 is 2.67 bits per heavy atom. The van der Waals surface area contributed by atoms with Crippen molar-refractivity contribution in [1.29, 1.82) is 0 Å². The Hall–Kier alpha value is -1.81. The molecule has 0 bridgehead atoms. The summed E-state index contributed by atoms with van der Waals surface area (Å²) in [5, 5.41) is 0.834. The first-order valence-electron chi connectivity index (χ1n) is 5.88. The van der Waals surface area contributed by atoms with Crippen LogP contribution in [0.4, 0.5) is 5.00 Å². The molecule has 3 aromatic rings. The number of imidazole rings is 1. The summed E-state index contributed by atoms with van der Waals surface area (Å²) >= 11 is 1.62. The highest BCUT2D eigenvalue weighted by molar-refractivity contribution is 7.16. The van der Waals surface area contributed by atoms with Gasteiger partial charge in [0.05, 0.1) is 21.6 Å². The molecule has 0 fully saturated rings. The van der Waals surface area contributed by atoms with E-state index in [1.807, 2.05) is 6.07 Å². The Morgan fingerprint density at radius 2 is 2.00 bits per heavy atom. The highest BCUT2D eigenvalue weighted by Crippen LogP contribution is 2.37. The van der Waals surface area contributed by atoms with E-state index < -0.39 is 0 Å². The number of benzene rings is 1. The summed E-state index contributed by atoms with van der Waals surface area (Å²) in [5.74, 6) is 0.870.